The van der Waals surface area contributed by atoms with Crippen molar-refractivity contribution in [2.45, 2.75) is 0 Å². The number of allylic oxidation sites excluding steroid dienone is 1. The summed E-state index contributed by atoms with van der Waals surface area (Å²) < 4.78 is 11.5. The lowest BCUT2D eigenvalue weighted by Crippen LogP contribution is -1.96. The van der Waals surface area contributed by atoms with Gasteiger partial charge in [-0.2, -0.15) is 0 Å². The third kappa shape index (κ3) is 3.59. The van der Waals surface area contributed by atoms with Crippen LogP contribution in [0.15, 0.2) is 65.1 Å². The van der Waals surface area contributed by atoms with Gasteiger partial charge >= 0.3 is 0 Å². The van der Waals surface area contributed by atoms with Gasteiger partial charge in [-0.25, -0.2) is 0 Å². The number of hydrogen-bond donors (Lipinski definition) is 0. The third-order valence-electron chi connectivity index (χ3n) is 3.97. The van der Waals surface area contributed by atoms with Gasteiger partial charge in [-0.3, -0.25) is 4.79 Å². The molecule has 0 amide bonds. The first-order chi connectivity index (χ1) is 12.1. The summed E-state index contributed by atoms with van der Waals surface area (Å²) in [6.07, 6.45) is 3.36. The minimum absolute atomic E-state index is 0.0431. The van der Waals surface area contributed by atoms with Crippen LogP contribution in [-0.2, 0) is 0 Å². The first kappa shape index (κ1) is 17.2. The van der Waals surface area contributed by atoms with Crippen molar-refractivity contribution in [3.8, 4) is 11.5 Å². The molecule has 0 saturated heterocycles. The molecular formula is C21H17BrO3. The monoisotopic (exact) mass is 396 g/mol. The molecule has 126 valence electrons. The highest BCUT2D eigenvalue weighted by Gasteiger charge is 2.09. The van der Waals surface area contributed by atoms with E-state index in [1.165, 1.54) is 0 Å². The molecule has 0 fully saturated rings. The van der Waals surface area contributed by atoms with Gasteiger partial charge < -0.3 is 9.47 Å². The molecule has 0 aliphatic rings. The van der Waals surface area contributed by atoms with Gasteiger partial charge in [0.2, 0.25) is 0 Å². The Kier molecular flexibility index (Phi) is 5.19. The van der Waals surface area contributed by atoms with Crippen molar-refractivity contribution < 1.29 is 14.3 Å². The van der Waals surface area contributed by atoms with Gasteiger partial charge in [-0.1, -0.05) is 52.3 Å². The standard InChI is InChI=1S/C21H17BrO3/c1-24-20-12-8-14(13-21(20)25-2)7-11-19(23)17-9-10-18(22)16-6-4-3-5-15(16)17/h3-13H,1-2H3/b11-7-. The third-order valence-corrected chi connectivity index (χ3v) is 4.66. The summed E-state index contributed by atoms with van der Waals surface area (Å²) in [6, 6.07) is 17.1. The Morgan fingerprint density at radius 1 is 0.920 bits per heavy atom. The van der Waals surface area contributed by atoms with Crippen LogP contribution in [0.1, 0.15) is 15.9 Å². The molecule has 0 N–H and O–H groups in total. The molecule has 0 heterocycles. The maximum absolute atomic E-state index is 12.7. The number of carbonyl (C=O) groups excluding carboxylic acids is 1. The highest BCUT2D eigenvalue weighted by Crippen LogP contribution is 2.29. The molecule has 0 saturated carbocycles. The molecule has 3 nitrogen and oxygen atoms in total. The lowest BCUT2D eigenvalue weighted by molar-refractivity contribution is 0.104. The summed E-state index contributed by atoms with van der Waals surface area (Å²) in [7, 11) is 3.18. The zero-order chi connectivity index (χ0) is 17.8. The quantitative estimate of drug-likeness (QED) is 0.420. The first-order valence-corrected chi connectivity index (χ1v) is 8.55. The second-order valence-corrected chi connectivity index (χ2v) is 6.31. The molecule has 0 aliphatic heterocycles. The number of carbonyl (C=O) groups is 1. The van der Waals surface area contributed by atoms with Crippen LogP contribution in [0.25, 0.3) is 16.8 Å². The van der Waals surface area contributed by atoms with Crippen LogP contribution in [0.5, 0.6) is 11.5 Å². The fourth-order valence-corrected chi connectivity index (χ4v) is 3.17. The molecule has 4 heteroatoms. The van der Waals surface area contributed by atoms with Crippen LogP contribution in [0, 0.1) is 0 Å². The van der Waals surface area contributed by atoms with Gasteiger partial charge in [0.15, 0.2) is 17.3 Å². The van der Waals surface area contributed by atoms with E-state index in [4.69, 9.17) is 9.47 Å². The first-order valence-electron chi connectivity index (χ1n) is 7.75. The topological polar surface area (TPSA) is 35.5 Å². The van der Waals surface area contributed by atoms with Crippen LogP contribution in [-0.4, -0.2) is 20.0 Å². The summed E-state index contributed by atoms with van der Waals surface area (Å²) >= 11 is 3.53. The van der Waals surface area contributed by atoms with E-state index in [-0.39, 0.29) is 5.78 Å². The van der Waals surface area contributed by atoms with Crippen molar-refractivity contribution in [1.29, 1.82) is 0 Å². The Morgan fingerprint density at radius 2 is 1.64 bits per heavy atom. The summed E-state index contributed by atoms with van der Waals surface area (Å²) in [4.78, 5) is 12.7. The van der Waals surface area contributed by atoms with E-state index in [0.29, 0.717) is 17.1 Å². The number of benzene rings is 3. The highest BCUT2D eigenvalue weighted by molar-refractivity contribution is 9.10. The van der Waals surface area contributed by atoms with Crippen LogP contribution >= 0.6 is 15.9 Å². The average Bonchev–Trinajstić information content (AvgIpc) is 2.66. The molecule has 25 heavy (non-hydrogen) atoms. The Labute approximate surface area is 155 Å². The molecule has 0 aliphatic carbocycles. The molecule has 0 atom stereocenters. The fourth-order valence-electron chi connectivity index (χ4n) is 2.70. The number of hydrogen-bond acceptors (Lipinski definition) is 3. The largest absolute Gasteiger partial charge is 0.493 e. The zero-order valence-corrected chi connectivity index (χ0v) is 15.5. The molecule has 0 unspecified atom stereocenters. The normalized spacial score (nSPS) is 11.0. The molecular weight excluding hydrogens is 380 g/mol. The predicted octanol–water partition coefficient (Wildman–Crippen LogP) is 5.52. The van der Waals surface area contributed by atoms with Crippen molar-refractivity contribution in [3.63, 3.8) is 0 Å². The summed E-state index contributed by atoms with van der Waals surface area (Å²) in [6.45, 7) is 0. The SMILES string of the molecule is COc1ccc(/C=C\C(=O)c2ccc(Br)c3ccccc23)cc1OC. The maximum atomic E-state index is 12.7. The van der Waals surface area contributed by atoms with Gasteiger partial charge in [-0.15, -0.1) is 0 Å². The minimum Gasteiger partial charge on any atom is -0.493 e. The zero-order valence-electron chi connectivity index (χ0n) is 14.0. The lowest BCUT2D eigenvalue weighted by Gasteiger charge is -2.08. The molecule has 3 aromatic rings. The van der Waals surface area contributed by atoms with E-state index in [9.17, 15) is 4.79 Å². The van der Waals surface area contributed by atoms with E-state index >= 15 is 0 Å². The Bertz CT molecular complexity index is 961. The van der Waals surface area contributed by atoms with E-state index < -0.39 is 0 Å². The van der Waals surface area contributed by atoms with Gasteiger partial charge in [0.25, 0.3) is 0 Å². The molecule has 0 bridgehead atoms. The lowest BCUT2D eigenvalue weighted by atomic mass is 10.0. The minimum atomic E-state index is -0.0431. The number of ketones is 1. The number of fused-ring (bicyclic) bond motifs is 1. The summed E-state index contributed by atoms with van der Waals surface area (Å²) in [5.74, 6) is 1.24. The van der Waals surface area contributed by atoms with Crippen molar-refractivity contribution in [2.75, 3.05) is 14.2 Å². The van der Waals surface area contributed by atoms with Crippen molar-refractivity contribution in [3.05, 3.63) is 76.3 Å². The molecule has 0 radical (unpaired) electrons. The van der Waals surface area contributed by atoms with Gasteiger partial charge in [0.05, 0.1) is 14.2 Å². The van der Waals surface area contributed by atoms with Crippen LogP contribution in [0.3, 0.4) is 0 Å². The van der Waals surface area contributed by atoms with E-state index in [1.807, 2.05) is 54.6 Å². The Balaban J connectivity index is 1.93. The van der Waals surface area contributed by atoms with Crippen LogP contribution < -0.4 is 9.47 Å². The predicted molar refractivity (Wildman–Crippen MR) is 105 cm³/mol. The number of ether oxygens (including phenoxy) is 2. The van der Waals surface area contributed by atoms with Crippen molar-refractivity contribution in [2.24, 2.45) is 0 Å². The number of halogens is 1. The van der Waals surface area contributed by atoms with Gasteiger partial charge in [-0.05, 0) is 46.7 Å². The smallest absolute Gasteiger partial charge is 0.186 e. The van der Waals surface area contributed by atoms with Crippen molar-refractivity contribution >= 4 is 38.6 Å². The molecule has 0 spiro atoms. The second kappa shape index (κ2) is 7.53. The van der Waals surface area contributed by atoms with E-state index in [0.717, 1.165) is 20.8 Å². The molecule has 3 rings (SSSR count). The number of rotatable bonds is 5. The average molecular weight is 397 g/mol. The van der Waals surface area contributed by atoms with Crippen LogP contribution in [0.4, 0.5) is 0 Å². The second-order valence-electron chi connectivity index (χ2n) is 5.45. The Morgan fingerprint density at radius 3 is 2.36 bits per heavy atom. The fraction of sp³-hybridized carbons (Fsp3) is 0.0952. The van der Waals surface area contributed by atoms with Gasteiger partial charge in [0, 0.05) is 10.0 Å². The maximum Gasteiger partial charge on any atom is 0.186 e. The van der Waals surface area contributed by atoms with Gasteiger partial charge in [0.1, 0.15) is 0 Å². The summed E-state index contributed by atoms with van der Waals surface area (Å²) in [5, 5.41) is 1.95. The van der Waals surface area contributed by atoms with Crippen molar-refractivity contribution in [1.82, 2.24) is 0 Å². The van der Waals surface area contributed by atoms with Crippen LogP contribution in [0.2, 0.25) is 0 Å². The number of methoxy groups -OCH3 is 2. The molecule has 0 aromatic heterocycles. The van der Waals surface area contributed by atoms with E-state index in [2.05, 4.69) is 15.9 Å². The molecule has 3 aromatic carbocycles. The summed E-state index contributed by atoms with van der Waals surface area (Å²) in [5.41, 5.74) is 1.54. The Hall–Kier alpha value is -2.59. The highest BCUT2D eigenvalue weighted by atomic mass is 79.9. The van der Waals surface area contributed by atoms with E-state index in [1.54, 1.807) is 26.4 Å².